The van der Waals surface area contributed by atoms with Gasteiger partial charge in [-0.15, -0.1) is 0 Å². The molecule has 34 heavy (non-hydrogen) atoms. The Balaban J connectivity index is 1.57. The molecule has 0 fully saturated rings. The van der Waals surface area contributed by atoms with Crippen molar-refractivity contribution in [3.63, 3.8) is 0 Å². The molecule has 0 aliphatic heterocycles. The molecule has 0 bridgehead atoms. The molecule has 1 amide bonds. The third-order valence-corrected chi connectivity index (χ3v) is 5.45. The van der Waals surface area contributed by atoms with E-state index in [0.717, 1.165) is 16.7 Å². The molecule has 0 aromatic heterocycles. The summed E-state index contributed by atoms with van der Waals surface area (Å²) in [5, 5.41) is 12.6. The number of hydrogen-bond acceptors (Lipinski definition) is 4. The molecule has 0 saturated carbocycles. The highest BCUT2D eigenvalue weighted by molar-refractivity contribution is 6.31. The van der Waals surface area contributed by atoms with Crippen molar-refractivity contribution in [1.29, 1.82) is 0 Å². The van der Waals surface area contributed by atoms with Crippen molar-refractivity contribution in [2.75, 3.05) is 13.2 Å². The molecule has 3 aromatic carbocycles. The smallest absolute Gasteiger partial charge is 0.347 e. The molecule has 0 radical (unpaired) electrons. The minimum absolute atomic E-state index is 0.226. The summed E-state index contributed by atoms with van der Waals surface area (Å²) >= 11 is 6.04. The Kier molecular flexibility index (Phi) is 8.18. The van der Waals surface area contributed by atoms with Crippen molar-refractivity contribution in [3.8, 4) is 22.6 Å². The lowest BCUT2D eigenvalue weighted by Gasteiger charge is -2.21. The van der Waals surface area contributed by atoms with Crippen LogP contribution in [0.1, 0.15) is 36.7 Å². The average Bonchev–Trinajstić information content (AvgIpc) is 2.81. The molecule has 0 atom stereocenters. The van der Waals surface area contributed by atoms with E-state index in [2.05, 4.69) is 5.32 Å². The van der Waals surface area contributed by atoms with Gasteiger partial charge in [0, 0.05) is 11.6 Å². The van der Waals surface area contributed by atoms with Crippen LogP contribution in [-0.4, -0.2) is 35.7 Å². The molecule has 7 heteroatoms. The van der Waals surface area contributed by atoms with Gasteiger partial charge in [0.05, 0.1) is 12.2 Å². The average molecular weight is 482 g/mol. The molecule has 0 aliphatic carbocycles. The first kappa shape index (κ1) is 25.1. The van der Waals surface area contributed by atoms with Gasteiger partial charge in [-0.1, -0.05) is 48.0 Å². The summed E-state index contributed by atoms with van der Waals surface area (Å²) < 4.78 is 11.1. The number of halogens is 1. The Labute approximate surface area is 204 Å². The molecule has 0 saturated heterocycles. The highest BCUT2D eigenvalue weighted by Crippen LogP contribution is 2.26. The zero-order valence-electron chi connectivity index (χ0n) is 19.4. The van der Waals surface area contributed by atoms with Gasteiger partial charge in [0.25, 0.3) is 5.91 Å². The van der Waals surface area contributed by atoms with E-state index in [1.54, 1.807) is 30.3 Å². The lowest BCUT2D eigenvalue weighted by Crippen LogP contribution is -2.37. The van der Waals surface area contributed by atoms with Gasteiger partial charge < -0.3 is 19.9 Å². The lowest BCUT2D eigenvalue weighted by molar-refractivity contribution is -0.152. The second-order valence-corrected chi connectivity index (χ2v) is 8.65. The Morgan fingerprint density at radius 2 is 1.59 bits per heavy atom. The predicted octanol–water partition coefficient (Wildman–Crippen LogP) is 5.62. The number of carboxylic acids is 1. The second kappa shape index (κ2) is 11.1. The van der Waals surface area contributed by atoms with E-state index >= 15 is 0 Å². The van der Waals surface area contributed by atoms with Gasteiger partial charge in [-0.3, -0.25) is 4.79 Å². The number of ether oxygens (including phenoxy) is 2. The van der Waals surface area contributed by atoms with Gasteiger partial charge >= 0.3 is 5.97 Å². The lowest BCUT2D eigenvalue weighted by atomic mass is 10.0. The molecule has 2 N–H and O–H groups in total. The summed E-state index contributed by atoms with van der Waals surface area (Å²) in [6, 6.07) is 20.4. The molecule has 0 spiro atoms. The zero-order valence-corrected chi connectivity index (χ0v) is 20.2. The van der Waals surface area contributed by atoms with Crippen LogP contribution in [0.5, 0.6) is 11.5 Å². The van der Waals surface area contributed by atoms with Crippen molar-refractivity contribution in [3.05, 3.63) is 82.9 Å². The van der Waals surface area contributed by atoms with Gasteiger partial charge in [0.1, 0.15) is 11.5 Å². The fourth-order valence-corrected chi connectivity index (χ4v) is 3.47. The Bertz CT molecular complexity index is 1140. The monoisotopic (exact) mass is 481 g/mol. The maximum Gasteiger partial charge on any atom is 0.347 e. The molecule has 178 valence electrons. The number of rotatable bonds is 10. The molecular weight excluding hydrogens is 454 g/mol. The van der Waals surface area contributed by atoms with Crippen LogP contribution < -0.4 is 14.8 Å². The normalized spacial score (nSPS) is 11.1. The number of amides is 1. The molecule has 3 rings (SSSR count). The van der Waals surface area contributed by atoms with Crippen LogP contribution in [0, 0.1) is 0 Å². The van der Waals surface area contributed by atoms with Crippen molar-refractivity contribution >= 4 is 23.5 Å². The fourth-order valence-electron chi connectivity index (χ4n) is 3.29. The highest BCUT2D eigenvalue weighted by Gasteiger charge is 2.29. The number of benzene rings is 3. The summed E-state index contributed by atoms with van der Waals surface area (Å²) in [4.78, 5) is 23.8. The Morgan fingerprint density at radius 3 is 2.18 bits per heavy atom. The largest absolute Gasteiger partial charge is 0.493 e. The summed E-state index contributed by atoms with van der Waals surface area (Å²) in [5.41, 5.74) is 2.23. The van der Waals surface area contributed by atoms with Crippen LogP contribution in [0.3, 0.4) is 0 Å². The van der Waals surface area contributed by atoms with Gasteiger partial charge in [-0.2, -0.15) is 0 Å². The van der Waals surface area contributed by atoms with Gasteiger partial charge in [-0.25, -0.2) is 4.79 Å². The number of nitrogens with one attached hydrogen (secondary N) is 1. The van der Waals surface area contributed by atoms with Crippen LogP contribution in [0.2, 0.25) is 5.02 Å². The maximum atomic E-state index is 12.6. The quantitative estimate of drug-likeness (QED) is 0.392. The van der Waals surface area contributed by atoms with Crippen LogP contribution in [-0.2, 0) is 11.2 Å². The van der Waals surface area contributed by atoms with E-state index in [1.165, 1.54) is 13.8 Å². The Hall–Kier alpha value is -3.51. The molecule has 0 unspecified atom stereocenters. The molecular formula is C27H28ClNO5. The SMILES string of the molecule is CCOc1ccc(Cl)cc1C(=O)NCCc1ccc(-c2ccc(OC(C)(C)C(=O)O)cc2)cc1. The van der Waals surface area contributed by atoms with Crippen molar-refractivity contribution < 1.29 is 24.2 Å². The van der Waals surface area contributed by atoms with Crippen molar-refractivity contribution in [2.45, 2.75) is 32.8 Å². The Morgan fingerprint density at radius 1 is 0.971 bits per heavy atom. The number of aliphatic carboxylic acids is 1. The zero-order chi connectivity index (χ0) is 24.7. The third kappa shape index (κ3) is 6.51. The minimum Gasteiger partial charge on any atom is -0.493 e. The van der Waals surface area contributed by atoms with E-state index in [4.69, 9.17) is 21.1 Å². The summed E-state index contributed by atoms with van der Waals surface area (Å²) in [6.07, 6.45) is 0.674. The summed E-state index contributed by atoms with van der Waals surface area (Å²) in [7, 11) is 0. The molecule has 6 nitrogen and oxygen atoms in total. The topological polar surface area (TPSA) is 84.9 Å². The van der Waals surface area contributed by atoms with Crippen molar-refractivity contribution in [1.82, 2.24) is 5.32 Å². The first-order chi connectivity index (χ1) is 16.2. The van der Waals surface area contributed by atoms with E-state index in [0.29, 0.717) is 41.7 Å². The van der Waals surface area contributed by atoms with Crippen LogP contribution in [0.15, 0.2) is 66.7 Å². The summed E-state index contributed by atoms with van der Waals surface area (Å²) in [6.45, 7) is 5.82. The van der Waals surface area contributed by atoms with Crippen LogP contribution in [0.4, 0.5) is 0 Å². The van der Waals surface area contributed by atoms with E-state index in [1.807, 2.05) is 43.3 Å². The number of hydrogen-bond donors (Lipinski definition) is 2. The van der Waals surface area contributed by atoms with Crippen LogP contribution in [0.25, 0.3) is 11.1 Å². The predicted molar refractivity (Wildman–Crippen MR) is 133 cm³/mol. The fraction of sp³-hybridized carbons (Fsp3) is 0.259. The first-order valence-corrected chi connectivity index (χ1v) is 11.4. The number of carboxylic acid groups (broad SMARTS) is 1. The summed E-state index contributed by atoms with van der Waals surface area (Å²) in [5.74, 6) is -0.242. The van der Waals surface area contributed by atoms with Gasteiger partial charge in [0.2, 0.25) is 0 Å². The molecule has 0 aliphatic rings. The maximum absolute atomic E-state index is 12.6. The minimum atomic E-state index is -1.30. The third-order valence-electron chi connectivity index (χ3n) is 5.21. The molecule has 0 heterocycles. The van der Waals surface area contributed by atoms with E-state index in [-0.39, 0.29) is 5.91 Å². The number of carbonyl (C=O) groups is 2. The van der Waals surface area contributed by atoms with Crippen molar-refractivity contribution in [2.24, 2.45) is 0 Å². The van der Waals surface area contributed by atoms with Crippen LogP contribution >= 0.6 is 11.6 Å². The number of carbonyl (C=O) groups excluding carboxylic acids is 1. The van der Waals surface area contributed by atoms with E-state index < -0.39 is 11.6 Å². The van der Waals surface area contributed by atoms with E-state index in [9.17, 15) is 14.7 Å². The molecule has 3 aromatic rings. The van der Waals surface area contributed by atoms with Gasteiger partial charge in [0.15, 0.2) is 5.60 Å². The first-order valence-electron chi connectivity index (χ1n) is 11.0. The second-order valence-electron chi connectivity index (χ2n) is 8.22. The highest BCUT2D eigenvalue weighted by atomic mass is 35.5. The van der Waals surface area contributed by atoms with Gasteiger partial charge in [-0.05, 0) is 74.2 Å². The standard InChI is InChI=1S/C27H28ClNO5/c1-4-33-24-14-11-21(28)17-23(24)25(30)29-16-15-18-5-7-19(8-6-18)20-9-12-22(13-10-20)34-27(2,3)26(31)32/h5-14,17H,4,15-16H2,1-3H3,(H,29,30)(H,31,32).